The van der Waals surface area contributed by atoms with E-state index >= 15 is 0 Å². The lowest BCUT2D eigenvalue weighted by Gasteiger charge is -2.13. The SMILES string of the molecule is CC(C)S(=O)(=O)c1ccc(CCN(C)CBr)cc1. The first-order valence-electron chi connectivity index (χ1n) is 5.95. The molecule has 0 heterocycles. The van der Waals surface area contributed by atoms with Crippen molar-refractivity contribution in [1.29, 1.82) is 0 Å². The Balaban J connectivity index is 2.75. The van der Waals surface area contributed by atoms with Gasteiger partial charge in [-0.1, -0.05) is 28.1 Å². The van der Waals surface area contributed by atoms with Crippen molar-refractivity contribution in [2.24, 2.45) is 0 Å². The van der Waals surface area contributed by atoms with Crippen LogP contribution in [0.1, 0.15) is 19.4 Å². The minimum absolute atomic E-state index is 0.372. The number of benzene rings is 1. The first-order chi connectivity index (χ1) is 8.37. The van der Waals surface area contributed by atoms with Crippen molar-refractivity contribution in [2.45, 2.75) is 30.4 Å². The molecule has 0 aromatic heterocycles. The molecule has 18 heavy (non-hydrogen) atoms. The van der Waals surface area contributed by atoms with Gasteiger partial charge in [-0.2, -0.15) is 0 Å². The minimum Gasteiger partial charge on any atom is -0.296 e. The van der Waals surface area contributed by atoms with E-state index in [-0.39, 0.29) is 5.25 Å². The molecule has 0 bridgehead atoms. The summed E-state index contributed by atoms with van der Waals surface area (Å²) in [6, 6.07) is 7.21. The van der Waals surface area contributed by atoms with Gasteiger partial charge in [0.15, 0.2) is 9.84 Å². The molecular formula is C13H20BrNO2S. The highest BCUT2D eigenvalue weighted by Gasteiger charge is 2.18. The van der Waals surface area contributed by atoms with Crippen LogP contribution in [0.2, 0.25) is 0 Å². The molecule has 0 amide bonds. The number of likely N-dealkylation sites (N-methyl/N-ethyl adjacent to an activating group) is 1. The number of alkyl halides is 1. The number of nitrogens with zero attached hydrogens (tertiary/aromatic N) is 1. The summed E-state index contributed by atoms with van der Waals surface area (Å²) < 4.78 is 23.9. The van der Waals surface area contributed by atoms with Crippen molar-refractivity contribution in [3.8, 4) is 0 Å². The fourth-order valence-corrected chi connectivity index (χ4v) is 2.81. The summed E-state index contributed by atoms with van der Waals surface area (Å²) in [5.74, 6) is 0. The van der Waals surface area contributed by atoms with Gasteiger partial charge in [0.05, 0.1) is 15.6 Å². The molecule has 0 saturated heterocycles. The van der Waals surface area contributed by atoms with E-state index in [9.17, 15) is 8.42 Å². The predicted octanol–water partition coefficient (Wildman–Crippen LogP) is 2.70. The van der Waals surface area contributed by atoms with Gasteiger partial charge < -0.3 is 0 Å². The third-order valence-corrected chi connectivity index (χ3v) is 5.89. The molecule has 0 atom stereocenters. The summed E-state index contributed by atoms with van der Waals surface area (Å²) in [7, 11) is -1.11. The van der Waals surface area contributed by atoms with Gasteiger partial charge in [0.25, 0.3) is 0 Å². The van der Waals surface area contributed by atoms with Gasteiger partial charge in [0, 0.05) is 6.54 Å². The maximum Gasteiger partial charge on any atom is 0.180 e. The molecule has 0 aliphatic heterocycles. The molecule has 0 spiro atoms. The van der Waals surface area contributed by atoms with Crippen LogP contribution in [0.4, 0.5) is 0 Å². The second kappa shape index (κ2) is 6.68. The molecule has 0 aliphatic rings. The maximum atomic E-state index is 11.9. The Labute approximate surface area is 118 Å². The zero-order chi connectivity index (χ0) is 13.8. The van der Waals surface area contributed by atoms with Gasteiger partial charge in [-0.3, -0.25) is 4.90 Å². The van der Waals surface area contributed by atoms with Crippen LogP contribution < -0.4 is 0 Å². The third-order valence-electron chi connectivity index (χ3n) is 2.86. The molecule has 102 valence electrons. The van der Waals surface area contributed by atoms with Crippen molar-refractivity contribution < 1.29 is 8.42 Å². The number of sulfone groups is 1. The Kier molecular flexibility index (Phi) is 5.82. The van der Waals surface area contributed by atoms with Gasteiger partial charge in [0.2, 0.25) is 0 Å². The fourth-order valence-electron chi connectivity index (χ4n) is 1.50. The lowest BCUT2D eigenvalue weighted by molar-refractivity contribution is 0.401. The zero-order valence-corrected chi connectivity index (χ0v) is 13.5. The fraction of sp³-hybridized carbons (Fsp3) is 0.538. The Bertz CT molecular complexity index is 468. The van der Waals surface area contributed by atoms with E-state index in [0.29, 0.717) is 4.90 Å². The molecular weight excluding hydrogens is 314 g/mol. The van der Waals surface area contributed by atoms with E-state index in [4.69, 9.17) is 0 Å². The van der Waals surface area contributed by atoms with Crippen molar-refractivity contribution in [2.75, 3.05) is 19.0 Å². The van der Waals surface area contributed by atoms with Gasteiger partial charge in [-0.25, -0.2) is 8.42 Å². The van der Waals surface area contributed by atoms with Crippen LogP contribution in [-0.4, -0.2) is 37.6 Å². The molecule has 1 rings (SSSR count). The molecule has 1 aromatic rings. The molecule has 0 radical (unpaired) electrons. The van der Waals surface area contributed by atoms with E-state index in [1.165, 1.54) is 0 Å². The van der Waals surface area contributed by atoms with Gasteiger partial charge in [-0.05, 0) is 45.0 Å². The maximum absolute atomic E-state index is 11.9. The average molecular weight is 334 g/mol. The second-order valence-electron chi connectivity index (χ2n) is 4.69. The molecule has 0 saturated carbocycles. The highest BCUT2D eigenvalue weighted by Crippen LogP contribution is 2.16. The summed E-state index contributed by atoms with van der Waals surface area (Å²) in [6.07, 6.45) is 0.921. The summed E-state index contributed by atoms with van der Waals surface area (Å²) in [5, 5.41) is -0.372. The molecule has 0 unspecified atom stereocenters. The summed E-state index contributed by atoms with van der Waals surface area (Å²) in [6.45, 7) is 4.35. The average Bonchev–Trinajstić information content (AvgIpc) is 2.36. The Hall–Kier alpha value is -0.390. The van der Waals surface area contributed by atoms with Crippen LogP contribution in [0.15, 0.2) is 29.2 Å². The molecule has 5 heteroatoms. The molecule has 0 fully saturated rings. The van der Waals surface area contributed by atoms with Crippen LogP contribution in [-0.2, 0) is 16.3 Å². The zero-order valence-electron chi connectivity index (χ0n) is 11.1. The van der Waals surface area contributed by atoms with Crippen LogP contribution >= 0.6 is 15.9 Å². The Morgan fingerprint density at radius 1 is 1.22 bits per heavy atom. The third kappa shape index (κ3) is 4.07. The number of halogens is 1. The van der Waals surface area contributed by atoms with E-state index in [1.807, 2.05) is 19.2 Å². The standard InChI is InChI=1S/C13H20BrNO2S/c1-11(2)18(16,17)13-6-4-12(5-7-13)8-9-15(3)10-14/h4-7,11H,8-10H2,1-3H3. The Morgan fingerprint density at radius 3 is 2.22 bits per heavy atom. The van der Waals surface area contributed by atoms with Crippen LogP contribution in [0.3, 0.4) is 0 Å². The summed E-state index contributed by atoms with van der Waals surface area (Å²) in [5.41, 5.74) is 2.00. The molecule has 1 aromatic carbocycles. The topological polar surface area (TPSA) is 37.4 Å². The lowest BCUT2D eigenvalue weighted by Crippen LogP contribution is -2.19. The highest BCUT2D eigenvalue weighted by molar-refractivity contribution is 9.09. The molecule has 0 aliphatic carbocycles. The van der Waals surface area contributed by atoms with E-state index < -0.39 is 9.84 Å². The van der Waals surface area contributed by atoms with Gasteiger partial charge in [0.1, 0.15) is 0 Å². The van der Waals surface area contributed by atoms with Crippen LogP contribution in [0.5, 0.6) is 0 Å². The quantitative estimate of drug-likeness (QED) is 0.593. The second-order valence-corrected chi connectivity index (χ2v) is 7.69. The number of hydrogen-bond donors (Lipinski definition) is 0. The number of rotatable bonds is 6. The van der Waals surface area contributed by atoms with Gasteiger partial charge >= 0.3 is 0 Å². The Morgan fingerprint density at radius 2 is 1.78 bits per heavy atom. The first kappa shape index (κ1) is 15.7. The summed E-state index contributed by atoms with van der Waals surface area (Å²) in [4.78, 5) is 2.56. The van der Waals surface area contributed by atoms with E-state index in [1.54, 1.807) is 26.0 Å². The summed E-state index contributed by atoms with van der Waals surface area (Å²) >= 11 is 3.39. The van der Waals surface area contributed by atoms with Crippen molar-refractivity contribution in [3.05, 3.63) is 29.8 Å². The monoisotopic (exact) mass is 333 g/mol. The molecule has 0 N–H and O–H groups in total. The minimum atomic E-state index is -3.15. The molecule has 3 nitrogen and oxygen atoms in total. The highest BCUT2D eigenvalue weighted by atomic mass is 79.9. The van der Waals surface area contributed by atoms with Crippen LogP contribution in [0.25, 0.3) is 0 Å². The van der Waals surface area contributed by atoms with Crippen molar-refractivity contribution in [3.63, 3.8) is 0 Å². The number of hydrogen-bond acceptors (Lipinski definition) is 3. The largest absolute Gasteiger partial charge is 0.296 e. The lowest BCUT2D eigenvalue weighted by atomic mass is 10.1. The normalized spacial score (nSPS) is 12.3. The predicted molar refractivity (Wildman–Crippen MR) is 78.9 cm³/mol. The van der Waals surface area contributed by atoms with Crippen molar-refractivity contribution >= 4 is 25.8 Å². The van der Waals surface area contributed by atoms with Crippen molar-refractivity contribution in [1.82, 2.24) is 4.90 Å². The smallest absolute Gasteiger partial charge is 0.180 e. The first-order valence-corrected chi connectivity index (χ1v) is 8.62. The van der Waals surface area contributed by atoms with Gasteiger partial charge in [-0.15, -0.1) is 0 Å². The van der Waals surface area contributed by atoms with Crippen LogP contribution in [0, 0.1) is 0 Å². The van der Waals surface area contributed by atoms with E-state index in [0.717, 1.165) is 24.0 Å². The van der Waals surface area contributed by atoms with E-state index in [2.05, 4.69) is 20.8 Å².